The Bertz CT molecular complexity index is 1040. The van der Waals surface area contributed by atoms with E-state index in [1.54, 1.807) is 85.0 Å². The minimum atomic E-state index is -1.24. The number of ketones is 1. The molecule has 5 heteroatoms. The summed E-state index contributed by atoms with van der Waals surface area (Å²) in [6.07, 6.45) is 7.05. The third-order valence-electron chi connectivity index (χ3n) is 4.70. The van der Waals surface area contributed by atoms with Gasteiger partial charge >= 0.3 is 0 Å². The topological polar surface area (TPSA) is 87.6 Å². The average molecular weight is 398 g/mol. The first kappa shape index (κ1) is 19.3. The van der Waals surface area contributed by atoms with Gasteiger partial charge in [-0.25, -0.2) is 0 Å². The number of nitrogen functional groups attached to an aromatic ring is 2. The molecule has 150 valence electrons. The number of carbonyl (C=O) groups is 1. The van der Waals surface area contributed by atoms with Crippen molar-refractivity contribution in [1.29, 1.82) is 0 Å². The fourth-order valence-electron chi connectivity index (χ4n) is 3.25. The van der Waals surface area contributed by atoms with E-state index in [1.165, 1.54) is 0 Å². The molecular weight excluding hydrogens is 376 g/mol. The molecule has 4 N–H and O–H groups in total. The lowest BCUT2D eigenvalue weighted by Gasteiger charge is -2.32. The second-order valence-corrected chi connectivity index (χ2v) is 7.04. The van der Waals surface area contributed by atoms with Gasteiger partial charge in [0.25, 0.3) is 5.79 Å². The van der Waals surface area contributed by atoms with E-state index < -0.39 is 11.7 Å². The van der Waals surface area contributed by atoms with E-state index in [-0.39, 0.29) is 5.78 Å². The first-order valence-electron chi connectivity index (χ1n) is 9.60. The van der Waals surface area contributed by atoms with E-state index in [0.29, 0.717) is 28.4 Å². The highest BCUT2D eigenvalue weighted by Crippen LogP contribution is 2.31. The molecule has 0 aliphatic heterocycles. The summed E-state index contributed by atoms with van der Waals surface area (Å²) in [5.41, 5.74) is 13.6. The number of allylic oxidation sites excluding steroid dienone is 2. The zero-order valence-corrected chi connectivity index (χ0v) is 16.3. The minimum Gasteiger partial charge on any atom is -0.445 e. The van der Waals surface area contributed by atoms with Gasteiger partial charge in [0.05, 0.1) is 5.92 Å². The molecule has 0 atom stereocenters. The lowest BCUT2D eigenvalue weighted by molar-refractivity contribution is -0.0292. The van der Waals surface area contributed by atoms with Gasteiger partial charge in [0, 0.05) is 41.2 Å². The molecule has 0 aromatic heterocycles. The van der Waals surface area contributed by atoms with Crippen LogP contribution in [0, 0.1) is 5.92 Å². The quantitative estimate of drug-likeness (QED) is 0.274. The van der Waals surface area contributed by atoms with Crippen molar-refractivity contribution < 1.29 is 14.3 Å². The molecule has 0 unspecified atom stereocenters. The van der Waals surface area contributed by atoms with Gasteiger partial charge < -0.3 is 20.9 Å². The van der Waals surface area contributed by atoms with Crippen LogP contribution in [-0.2, 0) is 0 Å². The third kappa shape index (κ3) is 4.36. The fourth-order valence-corrected chi connectivity index (χ4v) is 3.25. The van der Waals surface area contributed by atoms with Crippen LogP contribution in [-0.4, -0.2) is 11.6 Å². The summed E-state index contributed by atoms with van der Waals surface area (Å²) in [4.78, 5) is 12.8. The second kappa shape index (κ2) is 8.17. The highest BCUT2D eigenvalue weighted by Gasteiger charge is 2.33. The van der Waals surface area contributed by atoms with Gasteiger partial charge in [0.2, 0.25) is 0 Å². The number of ether oxygens (including phenoxy) is 2. The van der Waals surface area contributed by atoms with Gasteiger partial charge in [-0.05, 0) is 24.3 Å². The molecule has 0 saturated heterocycles. The summed E-state index contributed by atoms with van der Waals surface area (Å²) < 4.78 is 12.3. The SMILES string of the molecule is Nc1cccc(OC2(Oc3cccc(N)c3)C=CC(C(=O)c3ccccc3)C=C2)c1. The number of Topliss-reactive ketones (excluding diaryl/α,β-unsaturated/α-hetero) is 1. The zero-order chi connectivity index (χ0) is 21.0. The largest absolute Gasteiger partial charge is 0.445 e. The molecule has 3 aromatic carbocycles. The molecule has 30 heavy (non-hydrogen) atoms. The summed E-state index contributed by atoms with van der Waals surface area (Å²) in [5, 5.41) is 0. The van der Waals surface area contributed by atoms with E-state index in [4.69, 9.17) is 20.9 Å². The van der Waals surface area contributed by atoms with Crippen molar-refractivity contribution in [2.75, 3.05) is 11.5 Å². The average Bonchev–Trinajstić information content (AvgIpc) is 2.74. The molecule has 0 spiro atoms. The van der Waals surface area contributed by atoms with Crippen molar-refractivity contribution in [1.82, 2.24) is 0 Å². The smallest absolute Gasteiger partial charge is 0.291 e. The van der Waals surface area contributed by atoms with Crippen LogP contribution in [0.1, 0.15) is 10.4 Å². The van der Waals surface area contributed by atoms with E-state index in [1.807, 2.05) is 18.2 Å². The molecule has 0 bridgehead atoms. The lowest BCUT2D eigenvalue weighted by atomic mass is 9.92. The van der Waals surface area contributed by atoms with Gasteiger partial charge in [0.15, 0.2) is 5.78 Å². The standard InChI is InChI=1S/C25H22N2O3/c26-20-8-4-10-22(16-20)29-25(30-23-11-5-9-21(27)17-23)14-12-19(13-15-25)24(28)18-6-2-1-3-7-18/h1-17,19H,26-27H2. The van der Waals surface area contributed by atoms with Crippen molar-refractivity contribution in [3.05, 3.63) is 109 Å². The van der Waals surface area contributed by atoms with Crippen molar-refractivity contribution in [2.24, 2.45) is 5.92 Å². The van der Waals surface area contributed by atoms with E-state index >= 15 is 0 Å². The van der Waals surface area contributed by atoms with Crippen molar-refractivity contribution >= 4 is 17.2 Å². The number of rotatable bonds is 6. The van der Waals surface area contributed by atoms with Crippen molar-refractivity contribution in [2.45, 2.75) is 5.79 Å². The van der Waals surface area contributed by atoms with Gasteiger partial charge in [-0.15, -0.1) is 0 Å². The Kier molecular flexibility index (Phi) is 5.26. The van der Waals surface area contributed by atoms with Crippen LogP contribution in [0.4, 0.5) is 11.4 Å². The summed E-state index contributed by atoms with van der Waals surface area (Å²) in [6, 6.07) is 23.4. The Balaban J connectivity index is 1.63. The molecular formula is C25H22N2O3. The lowest BCUT2D eigenvalue weighted by Crippen LogP contribution is -2.40. The number of nitrogens with two attached hydrogens (primary N) is 2. The Morgan fingerprint density at radius 2 is 1.27 bits per heavy atom. The van der Waals surface area contributed by atoms with Crippen LogP contribution in [0.3, 0.4) is 0 Å². The predicted molar refractivity (Wildman–Crippen MR) is 118 cm³/mol. The highest BCUT2D eigenvalue weighted by molar-refractivity contribution is 6.00. The molecule has 1 aliphatic carbocycles. The summed E-state index contributed by atoms with van der Waals surface area (Å²) in [5.74, 6) is -0.559. The van der Waals surface area contributed by atoms with E-state index in [2.05, 4.69) is 0 Å². The second-order valence-electron chi connectivity index (χ2n) is 7.04. The molecule has 3 aromatic rings. The van der Waals surface area contributed by atoms with Crippen LogP contribution in [0.25, 0.3) is 0 Å². The van der Waals surface area contributed by atoms with Crippen LogP contribution >= 0.6 is 0 Å². The zero-order valence-electron chi connectivity index (χ0n) is 16.3. The van der Waals surface area contributed by atoms with Gasteiger partial charge in [-0.3, -0.25) is 4.79 Å². The summed E-state index contributed by atoms with van der Waals surface area (Å²) in [6.45, 7) is 0. The molecule has 0 amide bonds. The van der Waals surface area contributed by atoms with Gasteiger partial charge in [-0.1, -0.05) is 54.6 Å². The summed E-state index contributed by atoms with van der Waals surface area (Å²) in [7, 11) is 0. The van der Waals surface area contributed by atoms with Crippen molar-refractivity contribution in [3.63, 3.8) is 0 Å². The Morgan fingerprint density at radius 1 is 0.733 bits per heavy atom. The minimum absolute atomic E-state index is 0.00427. The first-order chi connectivity index (χ1) is 14.5. The molecule has 1 aliphatic rings. The monoisotopic (exact) mass is 398 g/mol. The van der Waals surface area contributed by atoms with Crippen LogP contribution < -0.4 is 20.9 Å². The van der Waals surface area contributed by atoms with Gasteiger partial charge in [-0.2, -0.15) is 0 Å². The van der Waals surface area contributed by atoms with E-state index in [9.17, 15) is 4.79 Å². The fraction of sp³-hybridized carbons (Fsp3) is 0.0800. The molecule has 0 fully saturated rings. The van der Waals surface area contributed by atoms with Crippen LogP contribution in [0.5, 0.6) is 11.5 Å². The molecule has 5 nitrogen and oxygen atoms in total. The number of hydrogen-bond donors (Lipinski definition) is 2. The van der Waals surface area contributed by atoms with Crippen molar-refractivity contribution in [3.8, 4) is 11.5 Å². The maximum absolute atomic E-state index is 12.8. The number of hydrogen-bond acceptors (Lipinski definition) is 5. The molecule has 0 heterocycles. The normalized spacial score (nSPS) is 14.9. The van der Waals surface area contributed by atoms with Crippen LogP contribution in [0.2, 0.25) is 0 Å². The number of anilines is 2. The first-order valence-corrected chi connectivity index (χ1v) is 9.60. The Labute approximate surface area is 175 Å². The highest BCUT2D eigenvalue weighted by atomic mass is 16.7. The van der Waals surface area contributed by atoms with Crippen LogP contribution in [0.15, 0.2) is 103 Å². The Morgan fingerprint density at radius 3 is 1.77 bits per heavy atom. The summed E-state index contributed by atoms with van der Waals surface area (Å²) >= 11 is 0. The molecule has 0 radical (unpaired) electrons. The molecule has 0 saturated carbocycles. The number of carbonyl (C=O) groups excluding carboxylic acids is 1. The maximum Gasteiger partial charge on any atom is 0.291 e. The van der Waals surface area contributed by atoms with E-state index in [0.717, 1.165) is 0 Å². The van der Waals surface area contributed by atoms with Gasteiger partial charge in [0.1, 0.15) is 11.5 Å². The third-order valence-corrected chi connectivity index (χ3v) is 4.70. The number of benzene rings is 3. The molecule has 4 rings (SSSR count). The maximum atomic E-state index is 12.8. The Hall–Kier alpha value is -3.99. The predicted octanol–water partition coefficient (Wildman–Crippen LogP) is 4.63.